The summed E-state index contributed by atoms with van der Waals surface area (Å²) in [6.45, 7) is 2.23. The number of hydrogen-bond donors (Lipinski definition) is 1. The van der Waals surface area contributed by atoms with E-state index in [1.165, 1.54) is 17.0 Å². The molecule has 1 unspecified atom stereocenters. The van der Waals surface area contributed by atoms with Crippen molar-refractivity contribution < 1.29 is 23.1 Å². The fraction of sp³-hybridized carbons (Fsp3) is 0.467. The second kappa shape index (κ2) is 6.48. The molecule has 22 heavy (non-hydrogen) atoms. The summed E-state index contributed by atoms with van der Waals surface area (Å²) in [5, 5.41) is 8.95. The maximum absolute atomic E-state index is 12.2. The highest BCUT2D eigenvalue weighted by Gasteiger charge is 2.30. The van der Waals surface area contributed by atoms with Gasteiger partial charge in [-0.05, 0) is 24.1 Å². The highest BCUT2D eigenvalue weighted by molar-refractivity contribution is 7.91. The van der Waals surface area contributed by atoms with Gasteiger partial charge in [0.1, 0.15) is 0 Å². The molecule has 6 nitrogen and oxygen atoms in total. The number of carboxylic acids is 1. The van der Waals surface area contributed by atoms with Gasteiger partial charge in [-0.1, -0.05) is 19.1 Å². The van der Waals surface area contributed by atoms with Crippen LogP contribution in [0, 0.1) is 5.92 Å². The van der Waals surface area contributed by atoms with E-state index in [9.17, 15) is 18.0 Å². The van der Waals surface area contributed by atoms with E-state index in [1.54, 1.807) is 19.1 Å². The molecule has 0 radical (unpaired) electrons. The minimum Gasteiger partial charge on any atom is -0.481 e. The number of likely N-dealkylation sites (tertiary alicyclic amines) is 1. The van der Waals surface area contributed by atoms with Crippen LogP contribution < -0.4 is 0 Å². The summed E-state index contributed by atoms with van der Waals surface area (Å²) in [4.78, 5) is 24.8. The molecular formula is C15H19NO5S. The van der Waals surface area contributed by atoms with Crippen LogP contribution in [0.4, 0.5) is 0 Å². The summed E-state index contributed by atoms with van der Waals surface area (Å²) < 4.78 is 23.7. The zero-order chi connectivity index (χ0) is 16.3. The van der Waals surface area contributed by atoms with Crippen LogP contribution in [-0.4, -0.2) is 49.1 Å². The van der Waals surface area contributed by atoms with Crippen molar-refractivity contribution in [2.45, 2.75) is 24.7 Å². The van der Waals surface area contributed by atoms with Gasteiger partial charge >= 0.3 is 5.97 Å². The van der Waals surface area contributed by atoms with Gasteiger partial charge < -0.3 is 10.0 Å². The number of nitrogens with zero attached hydrogens (tertiary/aromatic N) is 1. The maximum Gasteiger partial charge on any atom is 0.308 e. The number of carboxylic acid groups (broad SMARTS) is 1. The topological polar surface area (TPSA) is 91.8 Å². The SMILES string of the molecule is CCS(=O)(=O)c1cccc(CC(=O)N2CCC(C(=O)O)C2)c1. The van der Waals surface area contributed by atoms with Crippen LogP contribution in [0.25, 0.3) is 0 Å². The molecule has 120 valence electrons. The lowest BCUT2D eigenvalue weighted by molar-refractivity contribution is -0.141. The standard InChI is InChI=1S/C15H19NO5S/c1-2-22(20,21)13-5-3-4-11(8-13)9-14(17)16-7-6-12(10-16)15(18)19/h3-5,8,12H,2,6-7,9-10H2,1H3,(H,18,19). The van der Waals surface area contributed by atoms with E-state index in [2.05, 4.69) is 0 Å². The third-order valence-corrected chi connectivity index (χ3v) is 5.62. The Morgan fingerprint density at radius 1 is 1.36 bits per heavy atom. The first-order chi connectivity index (χ1) is 10.3. The van der Waals surface area contributed by atoms with Crippen LogP contribution in [0.1, 0.15) is 18.9 Å². The average molecular weight is 325 g/mol. The van der Waals surface area contributed by atoms with Crippen molar-refractivity contribution in [2.75, 3.05) is 18.8 Å². The summed E-state index contributed by atoms with van der Waals surface area (Å²) in [5.74, 6) is -1.55. The molecule has 7 heteroatoms. The molecule has 1 amide bonds. The summed E-state index contributed by atoms with van der Waals surface area (Å²) >= 11 is 0. The largest absolute Gasteiger partial charge is 0.481 e. The fourth-order valence-corrected chi connectivity index (χ4v) is 3.44. The van der Waals surface area contributed by atoms with E-state index in [1.807, 2.05) is 0 Å². The summed E-state index contributed by atoms with van der Waals surface area (Å²) in [6.07, 6.45) is 0.546. The molecule has 2 rings (SSSR count). The number of rotatable bonds is 5. The van der Waals surface area contributed by atoms with Gasteiger partial charge in [0, 0.05) is 13.1 Å². The Morgan fingerprint density at radius 2 is 2.09 bits per heavy atom. The fourth-order valence-electron chi connectivity index (χ4n) is 2.49. The summed E-state index contributed by atoms with van der Waals surface area (Å²) in [5.41, 5.74) is 0.623. The van der Waals surface area contributed by atoms with Crippen LogP contribution in [0.5, 0.6) is 0 Å². The van der Waals surface area contributed by atoms with E-state index in [4.69, 9.17) is 5.11 Å². The molecule has 0 aliphatic carbocycles. The normalized spacial score (nSPS) is 18.4. The molecule has 1 aliphatic heterocycles. The number of carbonyl (C=O) groups excluding carboxylic acids is 1. The van der Waals surface area contributed by atoms with Gasteiger partial charge in [-0.15, -0.1) is 0 Å². The second-order valence-corrected chi connectivity index (χ2v) is 7.67. The van der Waals surface area contributed by atoms with E-state index in [-0.39, 0.29) is 29.5 Å². The summed E-state index contributed by atoms with van der Waals surface area (Å²) in [7, 11) is -3.30. The van der Waals surface area contributed by atoms with Crippen molar-refractivity contribution >= 4 is 21.7 Å². The van der Waals surface area contributed by atoms with E-state index in [0.29, 0.717) is 18.5 Å². The lowest BCUT2D eigenvalue weighted by Crippen LogP contribution is -2.31. The molecule has 0 bridgehead atoms. The Kier molecular flexibility index (Phi) is 4.85. The van der Waals surface area contributed by atoms with Gasteiger partial charge in [0.2, 0.25) is 5.91 Å². The molecule has 1 aromatic carbocycles. The van der Waals surface area contributed by atoms with Gasteiger partial charge in [-0.25, -0.2) is 8.42 Å². The number of benzene rings is 1. The number of aliphatic carboxylic acids is 1. The first-order valence-electron chi connectivity index (χ1n) is 7.15. The predicted molar refractivity (Wildman–Crippen MR) is 80.2 cm³/mol. The zero-order valence-corrected chi connectivity index (χ0v) is 13.2. The zero-order valence-electron chi connectivity index (χ0n) is 12.4. The molecule has 0 aromatic heterocycles. The van der Waals surface area contributed by atoms with E-state index in [0.717, 1.165) is 0 Å². The van der Waals surface area contributed by atoms with Crippen molar-refractivity contribution in [3.8, 4) is 0 Å². The smallest absolute Gasteiger partial charge is 0.308 e. The number of hydrogen-bond acceptors (Lipinski definition) is 4. The van der Waals surface area contributed by atoms with Gasteiger partial charge in [0.05, 0.1) is 23.0 Å². The predicted octanol–water partition coefficient (Wildman–Crippen LogP) is 0.956. The molecular weight excluding hydrogens is 306 g/mol. The number of amides is 1. The van der Waals surface area contributed by atoms with Gasteiger partial charge in [-0.2, -0.15) is 0 Å². The first kappa shape index (κ1) is 16.5. The Morgan fingerprint density at radius 3 is 2.68 bits per heavy atom. The van der Waals surface area contributed by atoms with Crippen molar-refractivity contribution in [3.63, 3.8) is 0 Å². The van der Waals surface area contributed by atoms with Crippen LogP contribution in [0.2, 0.25) is 0 Å². The maximum atomic E-state index is 12.2. The van der Waals surface area contributed by atoms with E-state index >= 15 is 0 Å². The lowest BCUT2D eigenvalue weighted by atomic mass is 10.1. The Hall–Kier alpha value is -1.89. The average Bonchev–Trinajstić information content (AvgIpc) is 2.97. The molecule has 0 saturated carbocycles. The minimum absolute atomic E-state index is 0.0107. The molecule has 1 aliphatic rings. The van der Waals surface area contributed by atoms with Crippen LogP contribution in [-0.2, 0) is 25.8 Å². The third-order valence-electron chi connectivity index (χ3n) is 3.88. The third kappa shape index (κ3) is 3.65. The van der Waals surface area contributed by atoms with Gasteiger partial charge in [0.25, 0.3) is 0 Å². The summed E-state index contributed by atoms with van der Waals surface area (Å²) in [6, 6.07) is 6.36. The molecule has 1 N–H and O–H groups in total. The van der Waals surface area contributed by atoms with Crippen LogP contribution in [0.3, 0.4) is 0 Å². The van der Waals surface area contributed by atoms with Gasteiger partial charge in [0.15, 0.2) is 9.84 Å². The number of sulfone groups is 1. The highest BCUT2D eigenvalue weighted by atomic mass is 32.2. The Labute approximate surface area is 129 Å². The molecule has 1 atom stereocenters. The van der Waals surface area contributed by atoms with Crippen molar-refractivity contribution in [1.29, 1.82) is 0 Å². The Bertz CT molecular complexity index is 683. The quantitative estimate of drug-likeness (QED) is 0.870. The molecule has 0 spiro atoms. The van der Waals surface area contributed by atoms with E-state index < -0.39 is 21.7 Å². The Balaban J connectivity index is 2.07. The van der Waals surface area contributed by atoms with Crippen LogP contribution >= 0.6 is 0 Å². The molecule has 1 fully saturated rings. The molecule has 1 heterocycles. The van der Waals surface area contributed by atoms with Crippen molar-refractivity contribution in [3.05, 3.63) is 29.8 Å². The number of carbonyl (C=O) groups is 2. The first-order valence-corrected chi connectivity index (χ1v) is 8.81. The van der Waals surface area contributed by atoms with Gasteiger partial charge in [-0.3, -0.25) is 9.59 Å². The monoisotopic (exact) mass is 325 g/mol. The van der Waals surface area contributed by atoms with Crippen molar-refractivity contribution in [1.82, 2.24) is 4.90 Å². The second-order valence-electron chi connectivity index (χ2n) is 5.39. The lowest BCUT2D eigenvalue weighted by Gasteiger charge is -2.16. The molecule has 1 aromatic rings. The highest BCUT2D eigenvalue weighted by Crippen LogP contribution is 2.19. The molecule has 1 saturated heterocycles. The minimum atomic E-state index is -3.30. The van der Waals surface area contributed by atoms with Crippen molar-refractivity contribution in [2.24, 2.45) is 5.92 Å². The van der Waals surface area contributed by atoms with Crippen LogP contribution in [0.15, 0.2) is 29.2 Å².